The van der Waals surface area contributed by atoms with Crippen LogP contribution in [-0.4, -0.2) is 62.9 Å². The number of rotatable bonds is 14. The van der Waals surface area contributed by atoms with Crippen LogP contribution in [0.1, 0.15) is 30.7 Å². The van der Waals surface area contributed by atoms with E-state index in [-0.39, 0.29) is 25.2 Å². The van der Waals surface area contributed by atoms with Gasteiger partial charge in [0.05, 0.1) is 12.4 Å². The second-order valence-electron chi connectivity index (χ2n) is 9.95. The lowest BCUT2D eigenvalue weighted by Gasteiger charge is -2.26. The Morgan fingerprint density at radius 1 is 0.775 bits per heavy atom. The summed E-state index contributed by atoms with van der Waals surface area (Å²) in [4.78, 5) is 58.4. The number of hydrogen-bond donors (Lipinski definition) is 6. The number of hydrogen-bond acceptors (Lipinski definition) is 6. The first-order chi connectivity index (χ1) is 19.1. The molecule has 0 bridgehead atoms. The van der Waals surface area contributed by atoms with Crippen LogP contribution < -0.4 is 21.7 Å². The molecule has 11 heteroatoms. The third-order valence-corrected chi connectivity index (χ3v) is 6.45. The minimum atomic E-state index is -1.26. The van der Waals surface area contributed by atoms with Gasteiger partial charge >= 0.3 is 5.97 Å². The summed E-state index contributed by atoms with van der Waals surface area (Å²) in [5.74, 6) is -3.14. The van der Waals surface area contributed by atoms with Crippen molar-refractivity contribution in [2.45, 2.75) is 57.3 Å². The van der Waals surface area contributed by atoms with E-state index in [2.05, 4.69) is 25.9 Å². The number of amides is 3. The highest BCUT2D eigenvalue weighted by Crippen LogP contribution is 2.09. The highest BCUT2D eigenvalue weighted by molar-refractivity contribution is 5.94. The van der Waals surface area contributed by atoms with E-state index in [1.54, 1.807) is 38.1 Å². The Kier molecular flexibility index (Phi) is 11.0. The molecule has 0 saturated carbocycles. The van der Waals surface area contributed by atoms with Gasteiger partial charge in [-0.1, -0.05) is 74.5 Å². The van der Waals surface area contributed by atoms with E-state index in [1.165, 1.54) is 12.5 Å². The standard InChI is InChI=1S/C29H36N6O5/c1-18(2)25(30)28(38)34-23(14-20-11-7-4-8-12-20)26(36)33-22(13-19-9-5-3-6-10-19)27(37)35-24(29(39)40)15-21-16-31-17-32-21/h3-12,16-18,22-25H,13-15,30H2,1-2H3,(H,31,32)(H,33,36)(H,34,38)(H,35,37)(H,39,40). The van der Waals surface area contributed by atoms with Crippen LogP contribution in [-0.2, 0) is 38.4 Å². The Balaban J connectivity index is 1.83. The second-order valence-corrected chi connectivity index (χ2v) is 9.95. The van der Waals surface area contributed by atoms with Crippen molar-refractivity contribution >= 4 is 23.7 Å². The Morgan fingerprint density at radius 2 is 1.25 bits per heavy atom. The zero-order valence-corrected chi connectivity index (χ0v) is 22.5. The number of nitrogens with one attached hydrogen (secondary N) is 4. The number of nitrogens with two attached hydrogens (primary N) is 1. The number of benzene rings is 2. The van der Waals surface area contributed by atoms with Gasteiger partial charge in [-0.25, -0.2) is 9.78 Å². The van der Waals surface area contributed by atoms with E-state index in [0.717, 1.165) is 11.1 Å². The van der Waals surface area contributed by atoms with E-state index in [1.807, 2.05) is 36.4 Å². The predicted molar refractivity (Wildman–Crippen MR) is 149 cm³/mol. The lowest BCUT2D eigenvalue weighted by molar-refractivity contribution is -0.142. The van der Waals surface area contributed by atoms with Crippen LogP contribution in [0.2, 0.25) is 0 Å². The lowest BCUT2D eigenvalue weighted by atomic mass is 10.0. The summed E-state index contributed by atoms with van der Waals surface area (Å²) in [5.41, 5.74) is 8.11. The van der Waals surface area contributed by atoms with Gasteiger partial charge in [0.2, 0.25) is 17.7 Å². The number of aliphatic carboxylic acids is 1. The molecule has 3 amide bonds. The van der Waals surface area contributed by atoms with Crippen LogP contribution >= 0.6 is 0 Å². The third kappa shape index (κ3) is 9.05. The molecule has 0 aliphatic carbocycles. The highest BCUT2D eigenvalue weighted by atomic mass is 16.4. The normalized spacial score (nSPS) is 14.0. The number of aromatic nitrogens is 2. The summed E-state index contributed by atoms with van der Waals surface area (Å²) < 4.78 is 0. The number of H-pyrrole nitrogens is 1. The van der Waals surface area contributed by atoms with Crippen LogP contribution in [0.4, 0.5) is 0 Å². The molecule has 0 spiro atoms. The average Bonchev–Trinajstić information content (AvgIpc) is 3.45. The summed E-state index contributed by atoms with van der Waals surface area (Å²) in [6.07, 6.45) is 3.14. The minimum Gasteiger partial charge on any atom is -0.480 e. The summed E-state index contributed by atoms with van der Waals surface area (Å²) in [6, 6.07) is 14.0. The zero-order valence-electron chi connectivity index (χ0n) is 22.5. The number of carboxylic acid groups (broad SMARTS) is 1. The van der Waals surface area contributed by atoms with Crippen LogP contribution in [0.25, 0.3) is 0 Å². The van der Waals surface area contributed by atoms with Crippen molar-refractivity contribution in [3.05, 3.63) is 90.0 Å². The molecule has 0 fully saturated rings. The topological polar surface area (TPSA) is 179 Å². The second kappa shape index (κ2) is 14.6. The van der Waals surface area contributed by atoms with Gasteiger partial charge in [0.1, 0.15) is 18.1 Å². The average molecular weight is 549 g/mol. The van der Waals surface area contributed by atoms with E-state index in [0.29, 0.717) is 5.69 Å². The van der Waals surface area contributed by atoms with Crippen molar-refractivity contribution in [3.63, 3.8) is 0 Å². The maximum atomic E-state index is 13.6. The Labute approximate surface area is 233 Å². The largest absolute Gasteiger partial charge is 0.480 e. The van der Waals surface area contributed by atoms with Crippen molar-refractivity contribution in [2.24, 2.45) is 11.7 Å². The first kappa shape index (κ1) is 30.0. The number of nitrogens with zero attached hydrogens (tertiary/aromatic N) is 1. The van der Waals surface area contributed by atoms with Crippen molar-refractivity contribution in [1.29, 1.82) is 0 Å². The van der Waals surface area contributed by atoms with Gasteiger partial charge in [-0.15, -0.1) is 0 Å². The fourth-order valence-electron chi connectivity index (χ4n) is 4.05. The molecule has 0 saturated heterocycles. The van der Waals surface area contributed by atoms with Crippen molar-refractivity contribution in [3.8, 4) is 0 Å². The van der Waals surface area contributed by atoms with Gasteiger partial charge < -0.3 is 31.8 Å². The monoisotopic (exact) mass is 548 g/mol. The smallest absolute Gasteiger partial charge is 0.326 e. The molecule has 4 atom stereocenters. The van der Waals surface area contributed by atoms with E-state index in [9.17, 15) is 24.3 Å². The summed E-state index contributed by atoms with van der Waals surface area (Å²) in [6.45, 7) is 3.61. The summed E-state index contributed by atoms with van der Waals surface area (Å²) in [5, 5.41) is 17.7. The molecule has 3 aromatic rings. The molecule has 40 heavy (non-hydrogen) atoms. The van der Waals surface area contributed by atoms with Crippen molar-refractivity contribution < 1.29 is 24.3 Å². The number of aromatic amines is 1. The molecule has 11 nitrogen and oxygen atoms in total. The first-order valence-corrected chi connectivity index (χ1v) is 13.1. The third-order valence-electron chi connectivity index (χ3n) is 6.45. The molecule has 1 aromatic heterocycles. The van der Waals surface area contributed by atoms with Gasteiger partial charge in [0.25, 0.3) is 0 Å². The van der Waals surface area contributed by atoms with Crippen LogP contribution in [0.3, 0.4) is 0 Å². The molecular formula is C29H36N6O5. The molecule has 0 aliphatic rings. The molecule has 1 heterocycles. The Bertz CT molecular complexity index is 1250. The van der Waals surface area contributed by atoms with Crippen molar-refractivity contribution in [2.75, 3.05) is 0 Å². The number of carbonyl (C=O) groups excluding carboxylic acids is 3. The van der Waals surface area contributed by atoms with Crippen LogP contribution in [0.5, 0.6) is 0 Å². The van der Waals surface area contributed by atoms with E-state index >= 15 is 0 Å². The van der Waals surface area contributed by atoms with Crippen LogP contribution in [0.15, 0.2) is 73.2 Å². The van der Waals surface area contributed by atoms with Gasteiger partial charge in [0, 0.05) is 31.2 Å². The highest BCUT2D eigenvalue weighted by Gasteiger charge is 2.31. The lowest BCUT2D eigenvalue weighted by Crippen LogP contribution is -2.58. The SMILES string of the molecule is CC(C)C(N)C(=O)NC(Cc1ccccc1)C(=O)NC(Cc1ccccc1)C(=O)NC(Cc1cnc[nH]1)C(=O)O. The Hall–Kier alpha value is -4.51. The minimum absolute atomic E-state index is 0.0210. The summed E-state index contributed by atoms with van der Waals surface area (Å²) in [7, 11) is 0. The van der Waals surface area contributed by atoms with E-state index in [4.69, 9.17) is 5.73 Å². The van der Waals surface area contributed by atoms with E-state index < -0.39 is 47.9 Å². The molecule has 4 unspecified atom stereocenters. The van der Waals surface area contributed by atoms with Gasteiger partial charge in [-0.05, 0) is 17.0 Å². The number of carboxylic acids is 1. The number of carbonyl (C=O) groups is 4. The fourth-order valence-corrected chi connectivity index (χ4v) is 4.05. The predicted octanol–water partition coefficient (Wildman–Crippen LogP) is 0.960. The maximum absolute atomic E-state index is 13.6. The van der Waals surface area contributed by atoms with Gasteiger partial charge in [-0.2, -0.15) is 0 Å². The Morgan fingerprint density at radius 3 is 1.68 bits per heavy atom. The van der Waals surface area contributed by atoms with Gasteiger partial charge in [-0.3, -0.25) is 14.4 Å². The fraction of sp³-hybridized carbons (Fsp3) is 0.345. The number of imidazole rings is 1. The quantitative estimate of drug-likeness (QED) is 0.174. The molecule has 3 rings (SSSR count). The van der Waals surface area contributed by atoms with Crippen molar-refractivity contribution in [1.82, 2.24) is 25.9 Å². The molecule has 7 N–H and O–H groups in total. The molecule has 2 aromatic carbocycles. The zero-order chi connectivity index (χ0) is 29.1. The van der Waals surface area contributed by atoms with Crippen LogP contribution in [0, 0.1) is 5.92 Å². The maximum Gasteiger partial charge on any atom is 0.326 e. The van der Waals surface area contributed by atoms with Gasteiger partial charge in [0.15, 0.2) is 0 Å². The summed E-state index contributed by atoms with van der Waals surface area (Å²) >= 11 is 0. The first-order valence-electron chi connectivity index (χ1n) is 13.1. The molecular weight excluding hydrogens is 512 g/mol. The molecule has 212 valence electrons. The molecule has 0 aliphatic heterocycles. The molecule has 0 radical (unpaired) electrons.